The van der Waals surface area contributed by atoms with Crippen LogP contribution in [0.25, 0.3) is 0 Å². The molecule has 0 bridgehead atoms. The summed E-state index contributed by atoms with van der Waals surface area (Å²) in [6.07, 6.45) is -0.731. The van der Waals surface area contributed by atoms with Crippen LogP contribution in [-0.2, 0) is 5.41 Å². The summed E-state index contributed by atoms with van der Waals surface area (Å²) >= 11 is 0. The van der Waals surface area contributed by atoms with E-state index in [1.807, 2.05) is 25.1 Å². The van der Waals surface area contributed by atoms with Crippen molar-refractivity contribution in [3.8, 4) is 11.5 Å². The standard InChI is InChI=1S/C23H33N3O3/c1-6-24-22(26-16-23(2,3)18-10-8-7-9-11-18)25-15-21(27)17-12-19(28-4)14-20(13-17)29-5/h7-14,21,27H,6,15-16H2,1-5H3,(H2,24,25,26). The van der Waals surface area contributed by atoms with Crippen LogP contribution in [0.1, 0.15) is 38.0 Å². The molecule has 0 amide bonds. The first kappa shape index (κ1) is 22.6. The highest BCUT2D eigenvalue weighted by Crippen LogP contribution is 2.26. The van der Waals surface area contributed by atoms with Gasteiger partial charge in [-0.1, -0.05) is 44.2 Å². The third kappa shape index (κ3) is 6.68. The lowest BCUT2D eigenvalue weighted by Gasteiger charge is -2.24. The second-order valence-electron chi connectivity index (χ2n) is 7.49. The molecule has 1 atom stereocenters. The van der Waals surface area contributed by atoms with Crippen molar-refractivity contribution >= 4 is 5.96 Å². The Bertz CT molecular complexity index is 769. The van der Waals surface area contributed by atoms with Crippen molar-refractivity contribution in [3.63, 3.8) is 0 Å². The van der Waals surface area contributed by atoms with Crippen LogP contribution in [0.15, 0.2) is 53.5 Å². The molecule has 158 valence electrons. The molecule has 6 heteroatoms. The number of hydrogen-bond donors (Lipinski definition) is 3. The van der Waals surface area contributed by atoms with Crippen LogP contribution in [-0.4, -0.2) is 44.9 Å². The summed E-state index contributed by atoms with van der Waals surface area (Å²) in [5.41, 5.74) is 1.86. The highest BCUT2D eigenvalue weighted by molar-refractivity contribution is 5.79. The number of methoxy groups -OCH3 is 2. The zero-order valence-electron chi connectivity index (χ0n) is 18.0. The second-order valence-corrected chi connectivity index (χ2v) is 7.49. The summed E-state index contributed by atoms with van der Waals surface area (Å²) in [4.78, 5) is 4.73. The fourth-order valence-electron chi connectivity index (χ4n) is 2.93. The molecule has 0 fully saturated rings. The Labute approximate surface area is 174 Å². The van der Waals surface area contributed by atoms with Crippen molar-refractivity contribution in [3.05, 3.63) is 59.7 Å². The van der Waals surface area contributed by atoms with Gasteiger partial charge in [0.1, 0.15) is 11.5 Å². The normalized spacial score (nSPS) is 13.0. The van der Waals surface area contributed by atoms with Crippen LogP contribution in [0.4, 0.5) is 0 Å². The summed E-state index contributed by atoms with van der Waals surface area (Å²) in [5, 5.41) is 17.1. The molecular formula is C23H33N3O3. The van der Waals surface area contributed by atoms with Gasteiger partial charge < -0.3 is 25.2 Å². The third-order valence-electron chi connectivity index (χ3n) is 4.75. The van der Waals surface area contributed by atoms with Gasteiger partial charge in [0.15, 0.2) is 5.96 Å². The van der Waals surface area contributed by atoms with Crippen molar-refractivity contribution in [1.82, 2.24) is 10.6 Å². The van der Waals surface area contributed by atoms with Crippen LogP contribution in [0.2, 0.25) is 0 Å². The van der Waals surface area contributed by atoms with E-state index in [-0.39, 0.29) is 5.41 Å². The molecule has 0 aliphatic carbocycles. The Hall–Kier alpha value is -2.73. The van der Waals surface area contributed by atoms with Gasteiger partial charge in [-0.05, 0) is 30.2 Å². The van der Waals surface area contributed by atoms with Gasteiger partial charge in [-0.15, -0.1) is 0 Å². The number of ether oxygens (including phenoxy) is 2. The number of nitrogens with one attached hydrogen (secondary N) is 2. The Balaban J connectivity index is 2.06. The van der Waals surface area contributed by atoms with Crippen molar-refractivity contribution in [2.24, 2.45) is 4.99 Å². The Morgan fingerprint density at radius 2 is 1.66 bits per heavy atom. The fraction of sp³-hybridized carbons (Fsp3) is 0.435. The molecule has 1 unspecified atom stereocenters. The molecule has 0 aromatic heterocycles. The number of guanidine groups is 1. The minimum absolute atomic E-state index is 0.0949. The molecule has 2 rings (SSSR count). The molecule has 0 saturated heterocycles. The summed E-state index contributed by atoms with van der Waals surface area (Å²) in [6, 6.07) is 15.7. The van der Waals surface area contributed by atoms with Crippen molar-refractivity contribution in [1.29, 1.82) is 0 Å². The predicted molar refractivity (Wildman–Crippen MR) is 118 cm³/mol. The number of hydrogen-bond acceptors (Lipinski definition) is 4. The average molecular weight is 400 g/mol. The summed E-state index contributed by atoms with van der Waals surface area (Å²) in [6.45, 7) is 8.03. The maximum absolute atomic E-state index is 10.6. The van der Waals surface area contributed by atoms with E-state index in [9.17, 15) is 5.11 Å². The number of nitrogens with zero attached hydrogens (tertiary/aromatic N) is 1. The van der Waals surface area contributed by atoms with E-state index in [1.165, 1.54) is 5.56 Å². The lowest BCUT2D eigenvalue weighted by molar-refractivity contribution is 0.180. The first-order valence-corrected chi connectivity index (χ1v) is 9.88. The van der Waals surface area contributed by atoms with E-state index >= 15 is 0 Å². The average Bonchev–Trinajstić information content (AvgIpc) is 2.75. The van der Waals surface area contributed by atoms with Crippen LogP contribution in [0.5, 0.6) is 11.5 Å². The van der Waals surface area contributed by atoms with E-state index in [0.29, 0.717) is 36.1 Å². The quantitative estimate of drug-likeness (QED) is 0.446. The van der Waals surface area contributed by atoms with E-state index in [0.717, 1.165) is 6.54 Å². The van der Waals surface area contributed by atoms with Crippen LogP contribution in [0.3, 0.4) is 0 Å². The minimum Gasteiger partial charge on any atom is -0.497 e. The summed E-state index contributed by atoms with van der Waals surface area (Å²) in [7, 11) is 3.18. The highest BCUT2D eigenvalue weighted by atomic mass is 16.5. The molecule has 29 heavy (non-hydrogen) atoms. The lowest BCUT2D eigenvalue weighted by Crippen LogP contribution is -2.40. The molecule has 0 aliphatic rings. The van der Waals surface area contributed by atoms with E-state index in [2.05, 4.69) is 36.6 Å². The Kier molecular flexibility index (Phi) is 8.34. The number of aliphatic imine (C=N–C) groups is 1. The zero-order valence-corrected chi connectivity index (χ0v) is 18.0. The molecule has 0 radical (unpaired) electrons. The van der Waals surface area contributed by atoms with Crippen LogP contribution >= 0.6 is 0 Å². The Morgan fingerprint density at radius 1 is 1.03 bits per heavy atom. The molecule has 0 heterocycles. The maximum atomic E-state index is 10.6. The van der Waals surface area contributed by atoms with Crippen LogP contribution in [0, 0.1) is 0 Å². The smallest absolute Gasteiger partial charge is 0.191 e. The molecule has 0 spiro atoms. The van der Waals surface area contributed by atoms with Crippen LogP contribution < -0.4 is 20.1 Å². The monoisotopic (exact) mass is 399 g/mol. The first-order chi connectivity index (χ1) is 13.9. The predicted octanol–water partition coefficient (Wildman–Crippen LogP) is 3.27. The van der Waals surface area contributed by atoms with Gasteiger partial charge >= 0.3 is 0 Å². The Morgan fingerprint density at radius 3 is 2.21 bits per heavy atom. The molecule has 2 aromatic carbocycles. The summed E-state index contributed by atoms with van der Waals surface area (Å²) in [5.74, 6) is 1.96. The molecule has 0 aliphatic heterocycles. The highest BCUT2D eigenvalue weighted by Gasteiger charge is 2.20. The fourth-order valence-corrected chi connectivity index (χ4v) is 2.93. The molecule has 0 saturated carbocycles. The molecule has 3 N–H and O–H groups in total. The molecule has 2 aromatic rings. The number of rotatable bonds is 9. The van der Waals surface area contributed by atoms with Gasteiger partial charge in [0.2, 0.25) is 0 Å². The maximum Gasteiger partial charge on any atom is 0.191 e. The number of aliphatic hydroxyl groups excluding tert-OH is 1. The lowest BCUT2D eigenvalue weighted by atomic mass is 9.85. The van der Waals surface area contributed by atoms with Crippen molar-refractivity contribution < 1.29 is 14.6 Å². The van der Waals surface area contributed by atoms with Gasteiger partial charge in [-0.2, -0.15) is 0 Å². The van der Waals surface area contributed by atoms with Gasteiger partial charge in [0.05, 0.1) is 26.9 Å². The van der Waals surface area contributed by atoms with Gasteiger partial charge in [-0.3, -0.25) is 4.99 Å². The largest absolute Gasteiger partial charge is 0.497 e. The van der Waals surface area contributed by atoms with Gasteiger partial charge in [0.25, 0.3) is 0 Å². The second kappa shape index (κ2) is 10.7. The van der Waals surface area contributed by atoms with Crippen molar-refractivity contribution in [2.75, 3.05) is 33.9 Å². The van der Waals surface area contributed by atoms with Crippen molar-refractivity contribution in [2.45, 2.75) is 32.3 Å². The van der Waals surface area contributed by atoms with E-state index in [4.69, 9.17) is 14.5 Å². The number of benzene rings is 2. The topological polar surface area (TPSA) is 75.1 Å². The SMILES string of the molecule is CCNC(=NCC(C)(C)c1ccccc1)NCC(O)c1cc(OC)cc(OC)c1. The zero-order chi connectivity index (χ0) is 21.3. The molecular weight excluding hydrogens is 366 g/mol. The van der Waals surface area contributed by atoms with E-state index in [1.54, 1.807) is 32.4 Å². The first-order valence-electron chi connectivity index (χ1n) is 9.88. The summed E-state index contributed by atoms with van der Waals surface area (Å²) < 4.78 is 10.6. The molecule has 6 nitrogen and oxygen atoms in total. The minimum atomic E-state index is -0.731. The van der Waals surface area contributed by atoms with Gasteiger partial charge in [0, 0.05) is 24.6 Å². The third-order valence-corrected chi connectivity index (χ3v) is 4.75. The number of aliphatic hydroxyl groups is 1. The van der Waals surface area contributed by atoms with Gasteiger partial charge in [-0.25, -0.2) is 0 Å². The van der Waals surface area contributed by atoms with E-state index < -0.39 is 6.10 Å².